The van der Waals surface area contributed by atoms with Crippen molar-refractivity contribution in [2.24, 2.45) is 5.92 Å². The Kier molecular flexibility index (Phi) is 4.21. The van der Waals surface area contributed by atoms with Crippen LogP contribution in [0.1, 0.15) is 37.6 Å². The molecule has 1 heterocycles. The molecule has 1 aromatic rings. The van der Waals surface area contributed by atoms with E-state index in [9.17, 15) is 14.4 Å². The summed E-state index contributed by atoms with van der Waals surface area (Å²) in [6.45, 7) is 4.92. The summed E-state index contributed by atoms with van der Waals surface area (Å²) >= 11 is 0. The quantitative estimate of drug-likeness (QED) is 0.681. The van der Waals surface area contributed by atoms with Crippen molar-refractivity contribution in [1.29, 1.82) is 0 Å². The van der Waals surface area contributed by atoms with Gasteiger partial charge in [-0.3, -0.25) is 14.4 Å². The smallest absolute Gasteiger partial charge is 0.306 e. The summed E-state index contributed by atoms with van der Waals surface area (Å²) in [4.78, 5) is 35.8. The van der Waals surface area contributed by atoms with E-state index in [2.05, 4.69) is 10.1 Å². The monoisotopic (exact) mass is 305 g/mol. The predicted molar refractivity (Wildman–Crippen MR) is 79.9 cm³/mol. The van der Waals surface area contributed by atoms with Crippen LogP contribution in [0, 0.1) is 5.92 Å². The molecule has 1 aromatic carbocycles. The lowest BCUT2D eigenvalue weighted by atomic mass is 9.94. The van der Waals surface area contributed by atoms with E-state index in [1.54, 1.807) is 39.0 Å². The lowest BCUT2D eigenvalue weighted by Crippen LogP contribution is -2.46. The maximum absolute atomic E-state index is 12.6. The molecule has 0 aromatic heterocycles. The molecule has 1 aliphatic rings. The summed E-state index contributed by atoms with van der Waals surface area (Å²) in [5.74, 6) is -1.14. The van der Waals surface area contributed by atoms with Crippen molar-refractivity contribution in [3.63, 3.8) is 0 Å². The Balaban J connectivity index is 2.34. The maximum Gasteiger partial charge on any atom is 0.306 e. The van der Waals surface area contributed by atoms with Gasteiger partial charge in [-0.15, -0.1) is 0 Å². The number of ketones is 1. The molecule has 2 rings (SSSR count). The van der Waals surface area contributed by atoms with Crippen molar-refractivity contribution in [3.05, 3.63) is 23.8 Å². The molecule has 0 bridgehead atoms. The van der Waals surface area contributed by atoms with Crippen LogP contribution in [0.15, 0.2) is 18.2 Å². The summed E-state index contributed by atoms with van der Waals surface area (Å²) in [7, 11) is 1.28. The van der Waals surface area contributed by atoms with Crippen molar-refractivity contribution in [3.8, 4) is 5.75 Å². The second kappa shape index (κ2) is 5.79. The summed E-state index contributed by atoms with van der Waals surface area (Å²) in [5, 5.41) is 2.73. The van der Waals surface area contributed by atoms with Crippen LogP contribution in [0.5, 0.6) is 5.75 Å². The van der Waals surface area contributed by atoms with Gasteiger partial charge in [-0.05, 0) is 26.0 Å². The van der Waals surface area contributed by atoms with Crippen molar-refractivity contribution in [2.75, 3.05) is 12.4 Å². The highest BCUT2D eigenvalue weighted by Crippen LogP contribution is 2.37. The zero-order valence-corrected chi connectivity index (χ0v) is 13.1. The zero-order valence-electron chi connectivity index (χ0n) is 13.1. The predicted octanol–water partition coefficient (Wildman–Crippen LogP) is 2.18. The van der Waals surface area contributed by atoms with Crippen molar-refractivity contribution < 1.29 is 23.9 Å². The number of fused-ring (bicyclic) bond motifs is 1. The molecule has 0 radical (unpaired) electrons. The number of esters is 1. The van der Waals surface area contributed by atoms with Gasteiger partial charge in [0.05, 0.1) is 24.8 Å². The normalized spacial score (nSPS) is 16.8. The number of rotatable bonds is 4. The number of Topliss-reactive ketones (excluding diaryl/α,β-unsaturated/α-hetero) is 1. The highest BCUT2D eigenvalue weighted by molar-refractivity contribution is 6.07. The standard InChI is InChI=1S/C16H19NO5/c1-9(8-12(18)21-4)13(19)10-6-5-7-11-14(10)22-16(2,3)15(20)17-11/h5-7,9H,8H2,1-4H3,(H,17,20). The van der Waals surface area contributed by atoms with Gasteiger partial charge in [-0.2, -0.15) is 0 Å². The van der Waals surface area contributed by atoms with E-state index in [1.807, 2.05) is 0 Å². The Labute approximate surface area is 128 Å². The highest BCUT2D eigenvalue weighted by Gasteiger charge is 2.37. The first-order valence-corrected chi connectivity index (χ1v) is 7.00. The van der Waals surface area contributed by atoms with Gasteiger partial charge in [0.1, 0.15) is 0 Å². The molecule has 0 spiro atoms. The Morgan fingerprint density at radius 2 is 2.05 bits per heavy atom. The fourth-order valence-corrected chi connectivity index (χ4v) is 2.21. The lowest BCUT2D eigenvalue weighted by molar-refractivity contribution is -0.141. The number of carbonyl (C=O) groups excluding carboxylic acids is 3. The summed E-state index contributed by atoms with van der Waals surface area (Å²) in [6, 6.07) is 4.96. The molecule has 22 heavy (non-hydrogen) atoms. The molecular formula is C16H19NO5. The van der Waals surface area contributed by atoms with Gasteiger partial charge in [0.15, 0.2) is 17.1 Å². The molecule has 0 aliphatic carbocycles. The minimum atomic E-state index is -1.06. The first kappa shape index (κ1) is 16.0. The van der Waals surface area contributed by atoms with Gasteiger partial charge in [0.25, 0.3) is 5.91 Å². The molecule has 118 valence electrons. The first-order chi connectivity index (χ1) is 10.3. The van der Waals surface area contributed by atoms with Gasteiger partial charge in [0, 0.05) is 5.92 Å². The van der Waals surface area contributed by atoms with Crippen molar-refractivity contribution in [1.82, 2.24) is 0 Å². The summed E-state index contributed by atoms with van der Waals surface area (Å²) in [6.07, 6.45) is -0.00521. The van der Waals surface area contributed by atoms with Gasteiger partial charge in [-0.1, -0.05) is 13.0 Å². The SMILES string of the molecule is COC(=O)CC(C)C(=O)c1cccc2c1OC(C)(C)C(=O)N2. The topological polar surface area (TPSA) is 81.7 Å². The molecule has 1 N–H and O–H groups in total. The van der Waals surface area contributed by atoms with Gasteiger partial charge in [0.2, 0.25) is 0 Å². The molecular weight excluding hydrogens is 286 g/mol. The van der Waals surface area contributed by atoms with E-state index < -0.39 is 17.5 Å². The molecule has 1 unspecified atom stereocenters. The zero-order chi connectivity index (χ0) is 16.5. The second-order valence-electron chi connectivity index (χ2n) is 5.79. The number of hydrogen-bond donors (Lipinski definition) is 1. The third kappa shape index (κ3) is 2.95. The molecule has 1 atom stereocenters. The highest BCUT2D eigenvalue weighted by atomic mass is 16.5. The number of anilines is 1. The fraction of sp³-hybridized carbons (Fsp3) is 0.438. The number of nitrogens with one attached hydrogen (secondary N) is 1. The van der Waals surface area contributed by atoms with E-state index in [-0.39, 0.29) is 18.1 Å². The number of methoxy groups -OCH3 is 1. The average molecular weight is 305 g/mol. The molecule has 1 aliphatic heterocycles. The second-order valence-corrected chi connectivity index (χ2v) is 5.79. The third-order valence-corrected chi connectivity index (χ3v) is 3.58. The molecule has 1 amide bonds. The van der Waals surface area contributed by atoms with Crippen LogP contribution in [0.4, 0.5) is 5.69 Å². The Morgan fingerprint density at radius 1 is 1.36 bits per heavy atom. The van der Waals surface area contributed by atoms with Gasteiger partial charge in [-0.25, -0.2) is 0 Å². The van der Waals surface area contributed by atoms with Gasteiger partial charge >= 0.3 is 5.97 Å². The average Bonchev–Trinajstić information content (AvgIpc) is 2.46. The van der Waals surface area contributed by atoms with E-state index in [0.29, 0.717) is 17.0 Å². The van der Waals surface area contributed by atoms with Crippen molar-refractivity contribution >= 4 is 23.3 Å². The number of carbonyl (C=O) groups is 3. The van der Waals surface area contributed by atoms with Crippen molar-refractivity contribution in [2.45, 2.75) is 32.8 Å². The van der Waals surface area contributed by atoms with Crippen LogP contribution in [0.25, 0.3) is 0 Å². The van der Waals surface area contributed by atoms with E-state index in [1.165, 1.54) is 7.11 Å². The number of benzene rings is 1. The van der Waals surface area contributed by atoms with Crippen LogP contribution < -0.4 is 10.1 Å². The molecule has 0 saturated carbocycles. The maximum atomic E-state index is 12.6. The van der Waals surface area contributed by atoms with Crippen LogP contribution in [-0.4, -0.2) is 30.4 Å². The molecule has 6 heteroatoms. The van der Waals surface area contributed by atoms with Gasteiger partial charge < -0.3 is 14.8 Å². The Hall–Kier alpha value is -2.37. The van der Waals surface area contributed by atoms with Crippen LogP contribution in [0.3, 0.4) is 0 Å². The number of amides is 1. The first-order valence-electron chi connectivity index (χ1n) is 7.00. The summed E-state index contributed by atoms with van der Waals surface area (Å²) in [5.41, 5.74) is -0.253. The minimum Gasteiger partial charge on any atom is -0.475 e. The molecule has 6 nitrogen and oxygen atoms in total. The minimum absolute atomic E-state index is 0.00521. The fourth-order valence-electron chi connectivity index (χ4n) is 2.21. The molecule has 0 fully saturated rings. The Morgan fingerprint density at radius 3 is 2.68 bits per heavy atom. The van der Waals surface area contributed by atoms with Crippen LogP contribution >= 0.6 is 0 Å². The molecule has 0 saturated heterocycles. The van der Waals surface area contributed by atoms with E-state index in [0.717, 1.165) is 0 Å². The Bertz CT molecular complexity index is 635. The lowest BCUT2D eigenvalue weighted by Gasteiger charge is -2.32. The number of ether oxygens (including phenoxy) is 2. The van der Waals surface area contributed by atoms with E-state index >= 15 is 0 Å². The van der Waals surface area contributed by atoms with Crippen LogP contribution in [0.2, 0.25) is 0 Å². The van der Waals surface area contributed by atoms with E-state index in [4.69, 9.17) is 4.74 Å². The number of hydrogen-bond acceptors (Lipinski definition) is 5. The summed E-state index contributed by atoms with van der Waals surface area (Å²) < 4.78 is 10.3. The third-order valence-electron chi connectivity index (χ3n) is 3.58. The van der Waals surface area contributed by atoms with Crippen LogP contribution in [-0.2, 0) is 14.3 Å². The largest absolute Gasteiger partial charge is 0.475 e. The number of para-hydroxylation sites is 1.